The summed E-state index contributed by atoms with van der Waals surface area (Å²) >= 11 is 0. The van der Waals surface area contributed by atoms with Crippen LogP contribution >= 0.6 is 0 Å². The molecule has 46 heavy (non-hydrogen) atoms. The Morgan fingerprint density at radius 1 is 0.696 bits per heavy atom. The van der Waals surface area contributed by atoms with E-state index in [1.165, 1.54) is 16.6 Å². The molecular weight excluding hydrogens is 566 g/mol. The zero-order valence-corrected chi connectivity index (χ0v) is 26.5. The first kappa shape index (κ1) is 27.9. The number of anilines is 3. The SMILES string of the molecule is CN1CN(c2cc(Oc3ccc4c5ccccc5n(-c5cc(C(C)(C)C)ccn5)c4c3)nc(-c3ccccc3)c2)c2ccccc21. The van der Waals surface area contributed by atoms with Gasteiger partial charge in [0.15, 0.2) is 0 Å². The highest BCUT2D eigenvalue weighted by molar-refractivity contribution is 6.09. The fraction of sp³-hybridized carbons (Fsp3) is 0.150. The van der Waals surface area contributed by atoms with E-state index in [2.05, 4.69) is 133 Å². The first-order valence-corrected chi connectivity index (χ1v) is 15.7. The molecule has 6 nitrogen and oxygen atoms in total. The lowest BCUT2D eigenvalue weighted by Gasteiger charge is -2.21. The van der Waals surface area contributed by atoms with E-state index in [0.29, 0.717) is 11.6 Å². The molecule has 0 bridgehead atoms. The molecule has 8 rings (SSSR count). The van der Waals surface area contributed by atoms with Gasteiger partial charge in [-0.3, -0.25) is 4.57 Å². The lowest BCUT2D eigenvalue weighted by molar-refractivity contribution is 0.464. The van der Waals surface area contributed by atoms with Crippen LogP contribution in [0.25, 0.3) is 38.9 Å². The van der Waals surface area contributed by atoms with Crippen LogP contribution in [0.5, 0.6) is 11.6 Å². The van der Waals surface area contributed by atoms with Crippen molar-refractivity contribution in [3.05, 3.63) is 133 Å². The van der Waals surface area contributed by atoms with Crippen molar-refractivity contribution < 1.29 is 4.74 Å². The van der Waals surface area contributed by atoms with Crippen molar-refractivity contribution in [3.8, 4) is 28.7 Å². The van der Waals surface area contributed by atoms with E-state index in [0.717, 1.165) is 51.5 Å². The van der Waals surface area contributed by atoms with Crippen molar-refractivity contribution >= 4 is 38.9 Å². The lowest BCUT2D eigenvalue weighted by atomic mass is 9.88. The second-order valence-corrected chi connectivity index (χ2v) is 13.0. The molecule has 4 aromatic carbocycles. The van der Waals surface area contributed by atoms with Gasteiger partial charge in [0.25, 0.3) is 0 Å². The molecule has 0 spiro atoms. The molecule has 0 fully saturated rings. The summed E-state index contributed by atoms with van der Waals surface area (Å²) in [5.41, 5.74) is 8.67. The Balaban J connectivity index is 1.26. The van der Waals surface area contributed by atoms with E-state index >= 15 is 0 Å². The van der Waals surface area contributed by atoms with Gasteiger partial charge in [0.1, 0.15) is 11.6 Å². The number of para-hydroxylation sites is 3. The van der Waals surface area contributed by atoms with Gasteiger partial charge in [-0.05, 0) is 59.5 Å². The lowest BCUT2D eigenvalue weighted by Crippen LogP contribution is -2.24. The molecule has 3 aromatic heterocycles. The number of aromatic nitrogens is 3. The molecule has 4 heterocycles. The third kappa shape index (κ3) is 4.83. The molecule has 226 valence electrons. The largest absolute Gasteiger partial charge is 0.439 e. The van der Waals surface area contributed by atoms with Crippen LogP contribution in [-0.2, 0) is 5.41 Å². The van der Waals surface area contributed by atoms with Crippen molar-refractivity contribution in [1.82, 2.24) is 14.5 Å². The van der Waals surface area contributed by atoms with E-state index in [-0.39, 0.29) is 5.41 Å². The van der Waals surface area contributed by atoms with Crippen LogP contribution in [0.4, 0.5) is 17.1 Å². The Morgan fingerprint density at radius 2 is 1.43 bits per heavy atom. The molecule has 0 saturated heterocycles. The van der Waals surface area contributed by atoms with Gasteiger partial charge in [0.05, 0.1) is 40.5 Å². The van der Waals surface area contributed by atoms with Gasteiger partial charge < -0.3 is 14.5 Å². The first-order chi connectivity index (χ1) is 22.3. The summed E-state index contributed by atoms with van der Waals surface area (Å²) in [4.78, 5) is 14.4. The fourth-order valence-electron chi connectivity index (χ4n) is 6.45. The van der Waals surface area contributed by atoms with Gasteiger partial charge in [-0.25, -0.2) is 9.97 Å². The van der Waals surface area contributed by atoms with Crippen molar-refractivity contribution in [2.24, 2.45) is 0 Å². The number of ether oxygens (including phenoxy) is 1. The maximum absolute atomic E-state index is 6.64. The minimum Gasteiger partial charge on any atom is -0.439 e. The van der Waals surface area contributed by atoms with E-state index in [9.17, 15) is 0 Å². The van der Waals surface area contributed by atoms with Crippen molar-refractivity contribution in [1.29, 1.82) is 0 Å². The predicted octanol–water partition coefficient (Wildman–Crippen LogP) is 9.88. The molecule has 0 saturated carbocycles. The summed E-state index contributed by atoms with van der Waals surface area (Å²) in [6.45, 7) is 7.43. The third-order valence-corrected chi connectivity index (χ3v) is 8.81. The predicted molar refractivity (Wildman–Crippen MR) is 189 cm³/mol. The molecule has 0 radical (unpaired) electrons. The van der Waals surface area contributed by atoms with E-state index in [1.54, 1.807) is 0 Å². The Kier molecular flexibility index (Phi) is 6.53. The molecule has 0 amide bonds. The molecule has 0 N–H and O–H groups in total. The topological polar surface area (TPSA) is 46.4 Å². The van der Waals surface area contributed by atoms with Gasteiger partial charge in [0.2, 0.25) is 5.88 Å². The summed E-state index contributed by atoms with van der Waals surface area (Å²) in [6.07, 6.45) is 1.91. The first-order valence-electron chi connectivity index (χ1n) is 15.7. The number of pyridine rings is 2. The maximum Gasteiger partial charge on any atom is 0.221 e. The number of nitrogens with zero attached hydrogens (tertiary/aromatic N) is 5. The summed E-state index contributed by atoms with van der Waals surface area (Å²) in [5, 5.41) is 2.32. The standard InChI is InChI=1S/C40H35N5O/c1-40(2,3)28-20-21-41-38(22-28)45-34-15-9-8-14-31(34)32-19-18-30(25-37(32)45)46-39-24-29(23-33(42-39)27-12-6-5-7-13-27)44-26-43(4)35-16-10-11-17-36(35)44/h5-25H,26H2,1-4H3. The summed E-state index contributed by atoms with van der Waals surface area (Å²) in [6, 6.07) is 42.0. The van der Waals surface area contributed by atoms with E-state index < -0.39 is 0 Å². The average Bonchev–Trinajstić information content (AvgIpc) is 3.59. The van der Waals surface area contributed by atoms with Crippen molar-refractivity contribution in [2.45, 2.75) is 26.2 Å². The van der Waals surface area contributed by atoms with Crippen LogP contribution in [0.1, 0.15) is 26.3 Å². The van der Waals surface area contributed by atoms with Gasteiger partial charge in [0, 0.05) is 41.7 Å². The average molecular weight is 602 g/mol. The highest BCUT2D eigenvalue weighted by atomic mass is 16.5. The normalized spacial score (nSPS) is 13.0. The zero-order valence-electron chi connectivity index (χ0n) is 26.5. The number of fused-ring (bicyclic) bond motifs is 4. The molecule has 0 atom stereocenters. The summed E-state index contributed by atoms with van der Waals surface area (Å²) in [7, 11) is 2.12. The van der Waals surface area contributed by atoms with Gasteiger partial charge in [-0.15, -0.1) is 0 Å². The van der Waals surface area contributed by atoms with Crippen LogP contribution in [0.3, 0.4) is 0 Å². The molecule has 1 aliphatic rings. The van der Waals surface area contributed by atoms with Gasteiger partial charge >= 0.3 is 0 Å². The highest BCUT2D eigenvalue weighted by Gasteiger charge is 2.25. The summed E-state index contributed by atoms with van der Waals surface area (Å²) < 4.78 is 8.88. The molecule has 1 aliphatic heterocycles. The maximum atomic E-state index is 6.64. The Hall–Kier alpha value is -5.62. The van der Waals surface area contributed by atoms with Crippen molar-refractivity contribution in [2.75, 3.05) is 23.5 Å². The second-order valence-electron chi connectivity index (χ2n) is 13.0. The van der Waals surface area contributed by atoms with Crippen LogP contribution in [0, 0.1) is 0 Å². The van der Waals surface area contributed by atoms with Crippen LogP contribution in [0.15, 0.2) is 128 Å². The molecule has 0 aliphatic carbocycles. The minimum atomic E-state index is 0.00251. The fourth-order valence-corrected chi connectivity index (χ4v) is 6.45. The zero-order chi connectivity index (χ0) is 31.4. The highest BCUT2D eigenvalue weighted by Crippen LogP contribution is 2.42. The summed E-state index contributed by atoms with van der Waals surface area (Å²) in [5.74, 6) is 2.14. The smallest absolute Gasteiger partial charge is 0.221 e. The minimum absolute atomic E-state index is 0.00251. The van der Waals surface area contributed by atoms with Gasteiger partial charge in [-0.2, -0.15) is 0 Å². The van der Waals surface area contributed by atoms with Crippen LogP contribution in [-0.4, -0.2) is 28.3 Å². The molecular formula is C40H35N5O. The Labute approximate surface area is 269 Å². The number of benzene rings is 4. The number of hydrogen-bond donors (Lipinski definition) is 0. The molecule has 0 unspecified atom stereocenters. The van der Waals surface area contributed by atoms with E-state index in [4.69, 9.17) is 14.7 Å². The number of rotatable bonds is 5. The molecule has 6 heteroatoms. The van der Waals surface area contributed by atoms with Crippen LogP contribution < -0.4 is 14.5 Å². The van der Waals surface area contributed by atoms with Crippen molar-refractivity contribution in [3.63, 3.8) is 0 Å². The quantitative estimate of drug-likeness (QED) is 0.197. The Bertz CT molecular complexity index is 2230. The monoisotopic (exact) mass is 601 g/mol. The van der Waals surface area contributed by atoms with E-state index in [1.807, 2.05) is 36.5 Å². The van der Waals surface area contributed by atoms with Crippen LogP contribution in [0.2, 0.25) is 0 Å². The third-order valence-electron chi connectivity index (χ3n) is 8.81. The van der Waals surface area contributed by atoms with Gasteiger partial charge in [-0.1, -0.05) is 81.4 Å². The number of hydrogen-bond acceptors (Lipinski definition) is 5. The second kappa shape index (κ2) is 10.8. The Morgan fingerprint density at radius 3 is 2.26 bits per heavy atom. The molecule has 7 aromatic rings.